The number of ether oxygens (including phenoxy) is 3. The van der Waals surface area contributed by atoms with Crippen LogP contribution in [0.5, 0.6) is 0 Å². The van der Waals surface area contributed by atoms with Crippen LogP contribution in [0.25, 0.3) is 0 Å². The quantitative estimate of drug-likeness (QED) is 0.724. The molecule has 0 amide bonds. The van der Waals surface area contributed by atoms with Gasteiger partial charge in [0.15, 0.2) is 5.84 Å². The topological polar surface area (TPSA) is 67.7 Å². The summed E-state index contributed by atoms with van der Waals surface area (Å²) in [5.41, 5.74) is 3.09. The molecule has 1 atom stereocenters. The Balaban J connectivity index is 2.08. The molecule has 1 N–H and O–H groups in total. The summed E-state index contributed by atoms with van der Waals surface area (Å²) < 4.78 is 16.1. The lowest BCUT2D eigenvalue weighted by Gasteiger charge is -2.35. The SMILES string of the molecule is COCC(COC)N1NC=NN=C1[C@H]1CCCO1. The third-order valence-electron chi connectivity index (χ3n) is 2.96. The van der Waals surface area contributed by atoms with E-state index in [1.807, 2.05) is 5.01 Å². The highest BCUT2D eigenvalue weighted by atomic mass is 16.5. The molecular formula is C11H20N4O3. The minimum atomic E-state index is 0.00571. The summed E-state index contributed by atoms with van der Waals surface area (Å²) in [4.78, 5) is 0. The number of methoxy groups -OCH3 is 2. The van der Waals surface area contributed by atoms with Gasteiger partial charge in [0, 0.05) is 20.8 Å². The van der Waals surface area contributed by atoms with Crippen LogP contribution in [0.4, 0.5) is 0 Å². The molecule has 1 fully saturated rings. The van der Waals surface area contributed by atoms with E-state index in [1.54, 1.807) is 20.6 Å². The van der Waals surface area contributed by atoms with Crippen molar-refractivity contribution in [2.75, 3.05) is 34.0 Å². The standard InChI is InChI=1S/C11H20N4O3/c1-16-6-9(7-17-2)15-11(14-12-8-13-15)10-4-3-5-18-10/h8-10H,3-7H2,1-2H3,(H,12,13)/t10-/m1/s1. The van der Waals surface area contributed by atoms with Gasteiger partial charge in [0.25, 0.3) is 0 Å². The first-order chi connectivity index (χ1) is 8.86. The summed E-state index contributed by atoms with van der Waals surface area (Å²) in [5, 5.41) is 10.0. The number of hydrazine groups is 1. The van der Waals surface area contributed by atoms with Gasteiger partial charge in [0.2, 0.25) is 0 Å². The predicted molar refractivity (Wildman–Crippen MR) is 67.4 cm³/mol. The largest absolute Gasteiger partial charge is 0.382 e. The lowest BCUT2D eigenvalue weighted by molar-refractivity contribution is 0.0477. The zero-order chi connectivity index (χ0) is 12.8. The van der Waals surface area contributed by atoms with Gasteiger partial charge < -0.3 is 14.2 Å². The van der Waals surface area contributed by atoms with Crippen molar-refractivity contribution in [3.8, 4) is 0 Å². The van der Waals surface area contributed by atoms with Crippen molar-refractivity contribution in [2.45, 2.75) is 25.0 Å². The predicted octanol–water partition coefficient (Wildman–Crippen LogP) is -0.0112. The van der Waals surface area contributed by atoms with Gasteiger partial charge in [-0.25, -0.2) is 0 Å². The van der Waals surface area contributed by atoms with Crippen LogP contribution in [0.1, 0.15) is 12.8 Å². The third kappa shape index (κ3) is 2.98. The third-order valence-corrected chi connectivity index (χ3v) is 2.96. The van der Waals surface area contributed by atoms with Crippen molar-refractivity contribution in [1.29, 1.82) is 0 Å². The van der Waals surface area contributed by atoms with Crippen LogP contribution in [-0.2, 0) is 14.2 Å². The minimum Gasteiger partial charge on any atom is -0.382 e. The van der Waals surface area contributed by atoms with Crippen LogP contribution in [0.15, 0.2) is 10.2 Å². The molecule has 1 saturated heterocycles. The molecule has 7 nitrogen and oxygen atoms in total. The van der Waals surface area contributed by atoms with Crippen LogP contribution >= 0.6 is 0 Å². The van der Waals surface area contributed by atoms with E-state index in [2.05, 4.69) is 15.6 Å². The van der Waals surface area contributed by atoms with Crippen LogP contribution < -0.4 is 5.43 Å². The number of hydrogen-bond acceptors (Lipinski definition) is 7. The summed E-state index contributed by atoms with van der Waals surface area (Å²) in [6, 6.07) is 0.0368. The highest BCUT2D eigenvalue weighted by Gasteiger charge is 2.32. The molecule has 0 aliphatic carbocycles. The Morgan fingerprint density at radius 2 is 2.28 bits per heavy atom. The van der Waals surface area contributed by atoms with Crippen molar-refractivity contribution in [1.82, 2.24) is 10.4 Å². The monoisotopic (exact) mass is 256 g/mol. The summed E-state index contributed by atoms with van der Waals surface area (Å²) in [7, 11) is 3.34. The van der Waals surface area contributed by atoms with E-state index in [4.69, 9.17) is 14.2 Å². The van der Waals surface area contributed by atoms with E-state index in [1.165, 1.54) is 0 Å². The fourth-order valence-electron chi connectivity index (χ4n) is 2.17. The van der Waals surface area contributed by atoms with Crippen LogP contribution in [0.2, 0.25) is 0 Å². The van der Waals surface area contributed by atoms with Crippen molar-refractivity contribution < 1.29 is 14.2 Å². The smallest absolute Gasteiger partial charge is 0.175 e. The second kappa shape index (κ2) is 6.67. The van der Waals surface area contributed by atoms with Gasteiger partial charge in [-0.2, -0.15) is 0 Å². The summed E-state index contributed by atoms with van der Waals surface area (Å²) in [6.07, 6.45) is 3.59. The first-order valence-corrected chi connectivity index (χ1v) is 6.11. The molecule has 18 heavy (non-hydrogen) atoms. The van der Waals surface area contributed by atoms with Gasteiger partial charge in [0.1, 0.15) is 12.4 Å². The molecule has 2 aliphatic heterocycles. The van der Waals surface area contributed by atoms with Gasteiger partial charge >= 0.3 is 0 Å². The molecule has 0 aromatic carbocycles. The Morgan fingerprint density at radius 1 is 1.50 bits per heavy atom. The van der Waals surface area contributed by atoms with Crippen LogP contribution in [0, 0.1) is 0 Å². The molecule has 2 rings (SSSR count). The zero-order valence-electron chi connectivity index (χ0n) is 10.8. The van der Waals surface area contributed by atoms with Gasteiger partial charge in [-0.3, -0.25) is 10.4 Å². The fraction of sp³-hybridized carbons (Fsp3) is 0.818. The van der Waals surface area contributed by atoms with Crippen molar-refractivity contribution in [2.24, 2.45) is 10.2 Å². The van der Waals surface area contributed by atoms with E-state index in [9.17, 15) is 0 Å². The van der Waals surface area contributed by atoms with Crippen molar-refractivity contribution >= 4 is 12.2 Å². The first-order valence-electron chi connectivity index (χ1n) is 6.11. The number of rotatable bonds is 6. The van der Waals surface area contributed by atoms with Crippen molar-refractivity contribution in [3.63, 3.8) is 0 Å². The lowest BCUT2D eigenvalue weighted by Crippen LogP contribution is -2.56. The second-order valence-electron chi connectivity index (χ2n) is 4.27. The van der Waals surface area contributed by atoms with Gasteiger partial charge in [0.05, 0.1) is 19.3 Å². The number of nitrogens with zero attached hydrogens (tertiary/aromatic N) is 3. The van der Waals surface area contributed by atoms with E-state index >= 15 is 0 Å². The number of amidine groups is 1. The molecule has 0 aromatic heterocycles. The maximum Gasteiger partial charge on any atom is 0.175 e. The summed E-state index contributed by atoms with van der Waals surface area (Å²) >= 11 is 0. The summed E-state index contributed by atoms with van der Waals surface area (Å²) in [5.74, 6) is 0.800. The lowest BCUT2D eigenvalue weighted by atomic mass is 10.2. The first kappa shape index (κ1) is 13.3. The molecule has 0 aromatic rings. The summed E-state index contributed by atoms with van der Waals surface area (Å²) in [6.45, 7) is 1.86. The van der Waals surface area contributed by atoms with E-state index < -0.39 is 0 Å². The second-order valence-corrected chi connectivity index (χ2v) is 4.27. The Kier molecular flexibility index (Phi) is 4.91. The molecular weight excluding hydrogens is 236 g/mol. The van der Waals surface area contributed by atoms with Crippen LogP contribution in [-0.4, -0.2) is 63.4 Å². The molecule has 0 saturated carbocycles. The fourth-order valence-corrected chi connectivity index (χ4v) is 2.17. The molecule has 0 bridgehead atoms. The maximum absolute atomic E-state index is 5.66. The Morgan fingerprint density at radius 3 is 2.89 bits per heavy atom. The molecule has 0 unspecified atom stereocenters. The number of nitrogens with one attached hydrogen (secondary N) is 1. The highest BCUT2D eigenvalue weighted by Crippen LogP contribution is 2.18. The van der Waals surface area contributed by atoms with E-state index in [-0.39, 0.29) is 12.1 Å². The van der Waals surface area contributed by atoms with Gasteiger partial charge in [-0.15, -0.1) is 10.2 Å². The molecule has 0 spiro atoms. The minimum absolute atomic E-state index is 0.00571. The average molecular weight is 256 g/mol. The molecule has 2 heterocycles. The Bertz CT molecular complexity index is 309. The van der Waals surface area contributed by atoms with Crippen molar-refractivity contribution in [3.05, 3.63) is 0 Å². The average Bonchev–Trinajstić information content (AvgIpc) is 2.92. The highest BCUT2D eigenvalue weighted by molar-refractivity contribution is 5.89. The normalized spacial score (nSPS) is 23.4. The maximum atomic E-state index is 5.66. The molecule has 7 heteroatoms. The molecule has 2 aliphatic rings. The Hall–Kier alpha value is -1.18. The van der Waals surface area contributed by atoms with E-state index in [0.29, 0.717) is 13.2 Å². The number of hydrogen-bond donors (Lipinski definition) is 1. The Labute approximate surface area is 107 Å². The van der Waals surface area contributed by atoms with E-state index in [0.717, 1.165) is 25.3 Å². The van der Waals surface area contributed by atoms with Gasteiger partial charge in [-0.1, -0.05) is 0 Å². The zero-order valence-corrected chi connectivity index (χ0v) is 10.8. The van der Waals surface area contributed by atoms with Crippen LogP contribution in [0.3, 0.4) is 0 Å². The van der Waals surface area contributed by atoms with Gasteiger partial charge in [-0.05, 0) is 12.8 Å². The molecule has 0 radical (unpaired) electrons. The molecule has 102 valence electrons.